The highest BCUT2D eigenvalue weighted by molar-refractivity contribution is 6.30. The average Bonchev–Trinajstić information content (AvgIpc) is 2.63. The van der Waals surface area contributed by atoms with E-state index in [1.54, 1.807) is 0 Å². The Morgan fingerprint density at radius 1 is 0.960 bits per heavy atom. The molecule has 0 saturated heterocycles. The van der Waals surface area contributed by atoms with Crippen LogP contribution < -0.4 is 10.1 Å². The third-order valence-corrected chi connectivity index (χ3v) is 4.04. The van der Waals surface area contributed by atoms with Gasteiger partial charge in [-0.05, 0) is 54.8 Å². The number of ether oxygens (including phenoxy) is 2. The summed E-state index contributed by atoms with van der Waals surface area (Å²) in [5.41, 5.74) is 2.29. The van der Waals surface area contributed by atoms with Gasteiger partial charge in [-0.2, -0.15) is 0 Å². The van der Waals surface area contributed by atoms with E-state index in [0.717, 1.165) is 55.5 Å². The highest BCUT2D eigenvalue weighted by Crippen LogP contribution is 2.17. The van der Waals surface area contributed by atoms with Crippen molar-refractivity contribution in [2.75, 3.05) is 19.8 Å². The van der Waals surface area contributed by atoms with Crippen LogP contribution in [-0.4, -0.2) is 19.8 Å². The zero-order chi connectivity index (χ0) is 17.7. The highest BCUT2D eigenvalue weighted by atomic mass is 35.5. The van der Waals surface area contributed by atoms with Gasteiger partial charge in [-0.3, -0.25) is 0 Å². The molecule has 2 aromatic rings. The SMILES string of the molecule is CCCCOCCCNCc1cccc(OCc2cccc(Cl)c2)c1. The number of rotatable bonds is 12. The van der Waals surface area contributed by atoms with E-state index in [0.29, 0.717) is 6.61 Å². The normalized spacial score (nSPS) is 10.8. The molecule has 0 atom stereocenters. The first-order chi connectivity index (χ1) is 12.3. The molecule has 3 nitrogen and oxygen atoms in total. The number of unbranched alkanes of at least 4 members (excludes halogenated alkanes) is 1. The molecule has 0 amide bonds. The molecule has 2 aromatic carbocycles. The van der Waals surface area contributed by atoms with E-state index in [2.05, 4.69) is 24.4 Å². The summed E-state index contributed by atoms with van der Waals surface area (Å²) in [5, 5.41) is 4.18. The zero-order valence-electron chi connectivity index (χ0n) is 15.0. The molecule has 0 heterocycles. The number of benzene rings is 2. The zero-order valence-corrected chi connectivity index (χ0v) is 15.7. The van der Waals surface area contributed by atoms with Crippen LogP contribution >= 0.6 is 11.6 Å². The first-order valence-electron chi connectivity index (χ1n) is 9.02. The van der Waals surface area contributed by atoms with Crippen molar-refractivity contribution >= 4 is 11.6 Å². The van der Waals surface area contributed by atoms with Crippen molar-refractivity contribution in [3.8, 4) is 5.75 Å². The predicted molar refractivity (Wildman–Crippen MR) is 104 cm³/mol. The van der Waals surface area contributed by atoms with Crippen molar-refractivity contribution in [1.29, 1.82) is 0 Å². The van der Waals surface area contributed by atoms with E-state index in [4.69, 9.17) is 21.1 Å². The maximum absolute atomic E-state index is 6.00. The minimum atomic E-state index is 0.520. The van der Waals surface area contributed by atoms with Crippen molar-refractivity contribution in [1.82, 2.24) is 5.32 Å². The lowest BCUT2D eigenvalue weighted by atomic mass is 10.2. The molecular formula is C21H28ClNO2. The average molecular weight is 362 g/mol. The van der Waals surface area contributed by atoms with Crippen LogP contribution in [0.4, 0.5) is 0 Å². The Bertz CT molecular complexity index is 618. The molecule has 1 N–H and O–H groups in total. The molecule has 4 heteroatoms. The van der Waals surface area contributed by atoms with Crippen molar-refractivity contribution in [3.63, 3.8) is 0 Å². The molecule has 0 saturated carbocycles. The molecular weight excluding hydrogens is 334 g/mol. The lowest BCUT2D eigenvalue weighted by Gasteiger charge is -2.09. The van der Waals surface area contributed by atoms with Gasteiger partial charge >= 0.3 is 0 Å². The molecule has 0 aliphatic rings. The fraction of sp³-hybridized carbons (Fsp3) is 0.429. The third kappa shape index (κ3) is 8.39. The molecule has 0 unspecified atom stereocenters. The summed E-state index contributed by atoms with van der Waals surface area (Å²) in [6.45, 7) is 6.20. The Morgan fingerprint density at radius 3 is 2.60 bits per heavy atom. The van der Waals surface area contributed by atoms with Crippen LogP contribution in [0, 0.1) is 0 Å². The Morgan fingerprint density at radius 2 is 1.76 bits per heavy atom. The maximum atomic E-state index is 6.00. The van der Waals surface area contributed by atoms with Gasteiger partial charge < -0.3 is 14.8 Å². The summed E-state index contributed by atoms with van der Waals surface area (Å²) in [7, 11) is 0. The Labute approximate surface area is 156 Å². The molecule has 0 radical (unpaired) electrons. The van der Waals surface area contributed by atoms with Gasteiger partial charge in [-0.1, -0.05) is 49.2 Å². The smallest absolute Gasteiger partial charge is 0.120 e. The number of hydrogen-bond acceptors (Lipinski definition) is 3. The van der Waals surface area contributed by atoms with E-state index in [9.17, 15) is 0 Å². The molecule has 25 heavy (non-hydrogen) atoms. The lowest BCUT2D eigenvalue weighted by Crippen LogP contribution is -2.16. The number of hydrogen-bond donors (Lipinski definition) is 1. The molecule has 0 fully saturated rings. The minimum absolute atomic E-state index is 0.520. The van der Waals surface area contributed by atoms with E-state index in [-0.39, 0.29) is 0 Å². The summed E-state index contributed by atoms with van der Waals surface area (Å²) in [6, 6.07) is 15.9. The van der Waals surface area contributed by atoms with Gasteiger partial charge in [0.25, 0.3) is 0 Å². The first kappa shape index (κ1) is 19.8. The first-order valence-corrected chi connectivity index (χ1v) is 9.40. The van der Waals surface area contributed by atoms with Gasteiger partial charge in [0.15, 0.2) is 0 Å². The fourth-order valence-corrected chi connectivity index (χ4v) is 2.63. The quantitative estimate of drug-likeness (QED) is 0.526. The van der Waals surface area contributed by atoms with Crippen LogP contribution in [0.5, 0.6) is 5.75 Å². The summed E-state index contributed by atoms with van der Waals surface area (Å²) in [6.07, 6.45) is 3.37. The Hall–Kier alpha value is -1.55. The topological polar surface area (TPSA) is 30.5 Å². The molecule has 2 rings (SSSR count). The summed E-state index contributed by atoms with van der Waals surface area (Å²) < 4.78 is 11.4. The molecule has 0 aliphatic carbocycles. The number of nitrogens with one attached hydrogen (secondary N) is 1. The molecule has 0 bridgehead atoms. The third-order valence-electron chi connectivity index (χ3n) is 3.81. The van der Waals surface area contributed by atoms with E-state index in [1.165, 1.54) is 12.0 Å². The van der Waals surface area contributed by atoms with Crippen molar-refractivity contribution < 1.29 is 9.47 Å². The van der Waals surface area contributed by atoms with Gasteiger partial charge in [-0.25, -0.2) is 0 Å². The summed E-state index contributed by atoms with van der Waals surface area (Å²) >= 11 is 6.00. The van der Waals surface area contributed by atoms with Crippen LogP contribution in [0.15, 0.2) is 48.5 Å². The molecule has 136 valence electrons. The van der Waals surface area contributed by atoms with Gasteiger partial charge in [0.05, 0.1) is 0 Å². The van der Waals surface area contributed by atoms with Gasteiger partial charge in [0, 0.05) is 24.8 Å². The van der Waals surface area contributed by atoms with Crippen LogP contribution in [0.2, 0.25) is 5.02 Å². The van der Waals surface area contributed by atoms with E-state index < -0.39 is 0 Å². The lowest BCUT2D eigenvalue weighted by molar-refractivity contribution is 0.129. The van der Waals surface area contributed by atoms with Gasteiger partial charge in [0.1, 0.15) is 12.4 Å². The van der Waals surface area contributed by atoms with Crippen molar-refractivity contribution in [3.05, 3.63) is 64.7 Å². The monoisotopic (exact) mass is 361 g/mol. The van der Waals surface area contributed by atoms with Crippen LogP contribution in [-0.2, 0) is 17.9 Å². The second-order valence-electron chi connectivity index (χ2n) is 6.06. The van der Waals surface area contributed by atoms with Crippen molar-refractivity contribution in [2.45, 2.75) is 39.3 Å². The van der Waals surface area contributed by atoms with Crippen LogP contribution in [0.25, 0.3) is 0 Å². The summed E-state index contributed by atoms with van der Waals surface area (Å²) in [5.74, 6) is 0.877. The summed E-state index contributed by atoms with van der Waals surface area (Å²) in [4.78, 5) is 0. The van der Waals surface area contributed by atoms with Crippen LogP contribution in [0.3, 0.4) is 0 Å². The van der Waals surface area contributed by atoms with Crippen molar-refractivity contribution in [2.24, 2.45) is 0 Å². The Balaban J connectivity index is 1.66. The predicted octanol–water partition coefficient (Wildman–Crippen LogP) is 5.22. The largest absolute Gasteiger partial charge is 0.489 e. The maximum Gasteiger partial charge on any atom is 0.120 e. The second-order valence-corrected chi connectivity index (χ2v) is 6.50. The standard InChI is InChI=1S/C21H28ClNO2/c1-2-3-12-24-13-6-11-23-16-18-7-5-10-21(15-18)25-17-19-8-4-9-20(22)14-19/h4-5,7-10,14-15,23H,2-3,6,11-13,16-17H2,1H3. The van der Waals surface area contributed by atoms with Gasteiger partial charge in [0.2, 0.25) is 0 Å². The molecule has 0 spiro atoms. The molecule has 0 aromatic heterocycles. The minimum Gasteiger partial charge on any atom is -0.489 e. The fourth-order valence-electron chi connectivity index (χ4n) is 2.42. The Kier molecular flexibility index (Phi) is 9.42. The van der Waals surface area contributed by atoms with E-state index in [1.807, 2.05) is 36.4 Å². The number of halogens is 1. The second kappa shape index (κ2) is 11.9. The van der Waals surface area contributed by atoms with Gasteiger partial charge in [-0.15, -0.1) is 0 Å². The van der Waals surface area contributed by atoms with Crippen LogP contribution in [0.1, 0.15) is 37.3 Å². The molecule has 0 aliphatic heterocycles. The highest BCUT2D eigenvalue weighted by Gasteiger charge is 1.99. The van der Waals surface area contributed by atoms with E-state index >= 15 is 0 Å².